The van der Waals surface area contributed by atoms with E-state index in [2.05, 4.69) is 5.32 Å². The lowest BCUT2D eigenvalue weighted by Gasteiger charge is -2.33. The normalized spacial score (nSPS) is 12.0. The van der Waals surface area contributed by atoms with E-state index in [1.54, 1.807) is 62.6 Å². The lowest BCUT2D eigenvalue weighted by molar-refractivity contribution is -0.140. The van der Waals surface area contributed by atoms with E-state index in [1.165, 1.54) is 4.90 Å². The van der Waals surface area contributed by atoms with Crippen LogP contribution in [0.4, 0.5) is 10.1 Å². The van der Waals surface area contributed by atoms with Crippen LogP contribution < -0.4 is 19.1 Å². The van der Waals surface area contributed by atoms with Crippen LogP contribution in [0.5, 0.6) is 11.5 Å². The molecule has 1 N–H and O–H groups in total. The molecule has 9 nitrogen and oxygen atoms in total. The van der Waals surface area contributed by atoms with Crippen molar-refractivity contribution in [3.63, 3.8) is 0 Å². The third-order valence-electron chi connectivity index (χ3n) is 6.70. The number of carbonyl (C=O) groups excluding carboxylic acids is 2. The van der Waals surface area contributed by atoms with E-state index in [9.17, 15) is 22.4 Å². The van der Waals surface area contributed by atoms with Crippen LogP contribution in [0.2, 0.25) is 0 Å². The maximum Gasteiger partial charge on any atom is 0.264 e. The van der Waals surface area contributed by atoms with E-state index in [0.29, 0.717) is 31.1 Å². The number of methoxy groups -OCH3 is 1. The van der Waals surface area contributed by atoms with Gasteiger partial charge < -0.3 is 19.7 Å². The van der Waals surface area contributed by atoms with Gasteiger partial charge in [-0.15, -0.1) is 0 Å². The average Bonchev–Trinajstić information content (AvgIpc) is 2.99. The van der Waals surface area contributed by atoms with Crippen LogP contribution in [0.3, 0.4) is 0 Å². The third kappa shape index (κ3) is 8.93. The summed E-state index contributed by atoms with van der Waals surface area (Å²) in [7, 11) is -2.77. The molecular weight excluding hydrogens is 573 g/mol. The second-order valence-electron chi connectivity index (χ2n) is 10.3. The number of halogens is 1. The maximum absolute atomic E-state index is 14.1. The Morgan fingerprint density at radius 2 is 1.51 bits per heavy atom. The lowest BCUT2D eigenvalue weighted by atomic mass is 10.1. The van der Waals surface area contributed by atoms with E-state index < -0.39 is 34.3 Å². The monoisotopic (exact) mass is 613 g/mol. The fraction of sp³-hybridized carbons (Fsp3) is 0.375. The minimum Gasteiger partial charge on any atom is -0.497 e. The van der Waals surface area contributed by atoms with Gasteiger partial charge in [0.15, 0.2) is 0 Å². The number of benzene rings is 3. The molecule has 11 heteroatoms. The van der Waals surface area contributed by atoms with Crippen LogP contribution >= 0.6 is 0 Å². The summed E-state index contributed by atoms with van der Waals surface area (Å²) in [4.78, 5) is 28.7. The van der Waals surface area contributed by atoms with Crippen LogP contribution in [-0.2, 0) is 26.2 Å². The molecule has 0 heterocycles. The highest BCUT2D eigenvalue weighted by molar-refractivity contribution is 7.92. The summed E-state index contributed by atoms with van der Waals surface area (Å²) in [5.74, 6) is -0.134. The zero-order chi connectivity index (χ0) is 31.6. The van der Waals surface area contributed by atoms with Gasteiger partial charge in [0.25, 0.3) is 10.0 Å². The van der Waals surface area contributed by atoms with E-state index in [0.717, 1.165) is 34.1 Å². The quantitative estimate of drug-likeness (QED) is 0.259. The number of nitrogens with zero attached hydrogens (tertiary/aromatic N) is 2. The summed E-state index contributed by atoms with van der Waals surface area (Å²) >= 11 is 0. The number of ether oxygens (including phenoxy) is 2. The van der Waals surface area contributed by atoms with Gasteiger partial charge in [0.1, 0.15) is 29.9 Å². The first-order valence-corrected chi connectivity index (χ1v) is 15.6. The molecule has 0 bridgehead atoms. The number of carbonyl (C=O) groups is 2. The van der Waals surface area contributed by atoms with E-state index >= 15 is 0 Å². The number of amides is 2. The Morgan fingerprint density at radius 3 is 2.05 bits per heavy atom. The number of hydrogen-bond donors (Lipinski definition) is 1. The van der Waals surface area contributed by atoms with E-state index in [4.69, 9.17) is 9.47 Å². The van der Waals surface area contributed by atoms with Gasteiger partial charge in [-0.05, 0) is 85.5 Å². The lowest BCUT2D eigenvalue weighted by Crippen LogP contribution is -2.52. The van der Waals surface area contributed by atoms with Crippen molar-refractivity contribution < 1.29 is 31.9 Å². The fourth-order valence-corrected chi connectivity index (χ4v) is 5.82. The fourth-order valence-electron chi connectivity index (χ4n) is 4.41. The molecule has 0 aliphatic heterocycles. The molecule has 0 saturated heterocycles. The molecule has 3 aromatic carbocycles. The molecule has 0 aromatic heterocycles. The van der Waals surface area contributed by atoms with E-state index in [-0.39, 0.29) is 29.0 Å². The van der Waals surface area contributed by atoms with Crippen molar-refractivity contribution in [2.45, 2.75) is 51.6 Å². The maximum atomic E-state index is 14.1. The van der Waals surface area contributed by atoms with E-state index in [1.807, 2.05) is 20.8 Å². The highest BCUT2D eigenvalue weighted by Crippen LogP contribution is 2.27. The van der Waals surface area contributed by atoms with Crippen molar-refractivity contribution in [3.8, 4) is 11.5 Å². The number of nitrogens with one attached hydrogen (secondary N) is 1. The molecule has 3 aromatic rings. The SMILES string of the molecule is CCOc1ccc(N(CC(=O)N(Cc2ccc(OC)cc2)C(CC)C(=O)NCC(C)C)S(=O)(=O)c2ccc(F)cc2)cc1. The Kier molecular flexibility index (Phi) is 11.9. The summed E-state index contributed by atoms with van der Waals surface area (Å²) in [5, 5.41) is 2.90. The van der Waals surface area contributed by atoms with Gasteiger partial charge in [-0.1, -0.05) is 32.9 Å². The van der Waals surface area contributed by atoms with Crippen LogP contribution in [0.1, 0.15) is 39.7 Å². The predicted molar refractivity (Wildman–Crippen MR) is 164 cm³/mol. The number of sulfonamides is 1. The highest BCUT2D eigenvalue weighted by atomic mass is 32.2. The molecule has 2 amide bonds. The number of anilines is 1. The Hall–Kier alpha value is -4.12. The summed E-state index contributed by atoms with van der Waals surface area (Å²) in [6.45, 7) is 7.88. The molecular formula is C32H40FN3O6S. The van der Waals surface area contributed by atoms with Gasteiger partial charge in [-0.3, -0.25) is 13.9 Å². The summed E-state index contributed by atoms with van der Waals surface area (Å²) in [6, 6.07) is 16.9. The molecule has 0 aliphatic carbocycles. The van der Waals surface area contributed by atoms with Gasteiger partial charge in [0, 0.05) is 13.1 Å². The Balaban J connectivity index is 2.04. The smallest absolute Gasteiger partial charge is 0.264 e. The Bertz CT molecular complexity index is 1450. The molecule has 0 fully saturated rings. The minimum absolute atomic E-state index is 0.0597. The van der Waals surface area contributed by atoms with Crippen LogP contribution in [0.15, 0.2) is 77.7 Å². The van der Waals surface area contributed by atoms with Gasteiger partial charge in [-0.25, -0.2) is 12.8 Å². The molecule has 3 rings (SSSR count). The Morgan fingerprint density at radius 1 is 0.907 bits per heavy atom. The zero-order valence-electron chi connectivity index (χ0n) is 25.2. The van der Waals surface area contributed by atoms with Gasteiger partial charge >= 0.3 is 0 Å². The minimum atomic E-state index is -4.32. The molecule has 1 unspecified atom stereocenters. The second-order valence-corrected chi connectivity index (χ2v) is 12.2. The molecule has 1 atom stereocenters. The van der Waals surface area contributed by atoms with Gasteiger partial charge in [0.05, 0.1) is 24.3 Å². The first kappa shape index (κ1) is 33.4. The van der Waals surface area contributed by atoms with Gasteiger partial charge in [0.2, 0.25) is 11.8 Å². The molecule has 0 radical (unpaired) electrons. The zero-order valence-corrected chi connectivity index (χ0v) is 26.1. The van der Waals surface area contributed by atoms with Crippen LogP contribution in [-0.4, -0.2) is 58.0 Å². The average molecular weight is 614 g/mol. The molecule has 232 valence electrons. The predicted octanol–water partition coefficient (Wildman–Crippen LogP) is 5.01. The largest absolute Gasteiger partial charge is 0.497 e. The number of hydrogen-bond acceptors (Lipinski definition) is 6. The topological polar surface area (TPSA) is 105 Å². The Labute approximate surface area is 253 Å². The standard InChI is InChI=1S/C32H40FN3O6S/c1-6-30(32(38)34-20-23(3)4)35(21-24-8-14-27(41-5)15-9-24)31(37)22-36(26-12-16-28(17-13-26)42-7-2)43(39,40)29-18-10-25(33)11-19-29/h8-19,23,30H,6-7,20-22H2,1-5H3,(H,34,38). The third-order valence-corrected chi connectivity index (χ3v) is 8.49. The van der Waals surface area contributed by atoms with Crippen molar-refractivity contribution in [1.29, 1.82) is 0 Å². The molecule has 0 saturated carbocycles. The molecule has 0 spiro atoms. The second kappa shape index (κ2) is 15.4. The highest BCUT2D eigenvalue weighted by Gasteiger charge is 2.33. The first-order valence-electron chi connectivity index (χ1n) is 14.2. The van der Waals surface area contributed by atoms with Crippen LogP contribution in [0, 0.1) is 11.7 Å². The van der Waals surface area contributed by atoms with Crippen LogP contribution in [0.25, 0.3) is 0 Å². The van der Waals surface area contributed by atoms with Crippen molar-refractivity contribution in [2.75, 3.05) is 31.1 Å². The van der Waals surface area contributed by atoms with Gasteiger partial charge in [-0.2, -0.15) is 0 Å². The van der Waals surface area contributed by atoms with Crippen molar-refractivity contribution in [3.05, 3.63) is 84.2 Å². The van der Waals surface area contributed by atoms with Crippen molar-refractivity contribution in [2.24, 2.45) is 5.92 Å². The van der Waals surface area contributed by atoms with Crippen molar-refractivity contribution >= 4 is 27.5 Å². The summed E-state index contributed by atoms with van der Waals surface area (Å²) in [5.41, 5.74) is 0.945. The summed E-state index contributed by atoms with van der Waals surface area (Å²) in [6.07, 6.45) is 0.305. The molecule has 0 aliphatic rings. The number of rotatable bonds is 15. The molecule has 43 heavy (non-hydrogen) atoms. The first-order chi connectivity index (χ1) is 20.5. The van der Waals surface area contributed by atoms with Crippen molar-refractivity contribution in [1.82, 2.24) is 10.2 Å². The summed E-state index contributed by atoms with van der Waals surface area (Å²) < 4.78 is 53.2.